The fourth-order valence-electron chi connectivity index (χ4n) is 3.23. The number of aromatic nitrogens is 1. The summed E-state index contributed by atoms with van der Waals surface area (Å²) < 4.78 is 35.1. The summed E-state index contributed by atoms with van der Waals surface area (Å²) in [4.78, 5) is 4.53. The SMILES string of the molecule is COc1c(O)ccc(-c2cnc(NCP(=O)(OC(C)C)OC(C)C)c(C)c2C)c1OC. The molecule has 0 aliphatic rings. The Morgan fingerprint density at radius 1 is 0.968 bits per heavy atom. The smallest absolute Gasteiger partial charge is 0.350 e. The highest BCUT2D eigenvalue weighted by Crippen LogP contribution is 2.50. The number of nitrogens with zero attached hydrogens (tertiary/aromatic N) is 1. The Kier molecular flexibility index (Phi) is 8.34. The number of benzene rings is 1. The van der Waals surface area contributed by atoms with Gasteiger partial charge in [0.2, 0.25) is 5.75 Å². The summed E-state index contributed by atoms with van der Waals surface area (Å²) in [5.74, 6) is 1.27. The van der Waals surface area contributed by atoms with E-state index in [4.69, 9.17) is 18.5 Å². The average Bonchev–Trinajstić information content (AvgIpc) is 2.67. The molecule has 8 nitrogen and oxygen atoms in total. The van der Waals surface area contributed by atoms with Gasteiger partial charge in [0, 0.05) is 17.3 Å². The normalized spacial score (nSPS) is 11.8. The van der Waals surface area contributed by atoms with Crippen LogP contribution in [0.3, 0.4) is 0 Å². The van der Waals surface area contributed by atoms with E-state index in [1.807, 2.05) is 41.5 Å². The Morgan fingerprint density at radius 3 is 2.06 bits per heavy atom. The van der Waals surface area contributed by atoms with Gasteiger partial charge in [0.15, 0.2) is 11.5 Å². The zero-order chi connectivity index (χ0) is 23.3. The minimum atomic E-state index is -3.35. The van der Waals surface area contributed by atoms with Crippen LogP contribution >= 0.6 is 7.60 Å². The van der Waals surface area contributed by atoms with Gasteiger partial charge < -0.3 is 28.9 Å². The number of hydrogen-bond donors (Lipinski definition) is 2. The first-order valence-corrected chi connectivity index (χ1v) is 11.9. The number of rotatable bonds is 10. The van der Waals surface area contributed by atoms with E-state index in [0.29, 0.717) is 11.6 Å². The molecule has 0 spiro atoms. The molecule has 1 heterocycles. The Labute approximate surface area is 184 Å². The van der Waals surface area contributed by atoms with Gasteiger partial charge in [0.25, 0.3) is 0 Å². The number of hydrogen-bond acceptors (Lipinski definition) is 8. The van der Waals surface area contributed by atoms with E-state index in [9.17, 15) is 9.67 Å². The predicted octanol–water partition coefficient (Wildman–Crippen LogP) is 5.50. The van der Waals surface area contributed by atoms with Gasteiger partial charge in [-0.25, -0.2) is 4.98 Å². The topological polar surface area (TPSA) is 99.1 Å². The zero-order valence-corrected chi connectivity index (χ0v) is 20.4. The highest BCUT2D eigenvalue weighted by Gasteiger charge is 2.28. The molecule has 0 saturated carbocycles. The molecule has 0 aliphatic carbocycles. The number of phenolic OH excluding ortho intramolecular Hbond substituents is 1. The molecule has 0 atom stereocenters. The summed E-state index contributed by atoms with van der Waals surface area (Å²) in [5, 5.41) is 13.2. The first-order chi connectivity index (χ1) is 14.5. The van der Waals surface area contributed by atoms with E-state index in [-0.39, 0.29) is 30.0 Å². The van der Waals surface area contributed by atoms with E-state index >= 15 is 0 Å². The van der Waals surface area contributed by atoms with Crippen LogP contribution < -0.4 is 14.8 Å². The number of methoxy groups -OCH3 is 2. The summed E-state index contributed by atoms with van der Waals surface area (Å²) >= 11 is 0. The second-order valence-corrected chi connectivity index (χ2v) is 9.68. The Hall–Kier alpha value is -2.28. The summed E-state index contributed by atoms with van der Waals surface area (Å²) in [6.07, 6.45) is 1.24. The Bertz CT molecular complexity index is 948. The molecule has 0 unspecified atom stereocenters. The van der Waals surface area contributed by atoms with E-state index in [0.717, 1.165) is 22.3 Å². The molecule has 0 radical (unpaired) electrons. The van der Waals surface area contributed by atoms with Crippen LogP contribution in [0.2, 0.25) is 0 Å². The van der Waals surface area contributed by atoms with Crippen molar-refractivity contribution in [3.05, 3.63) is 29.5 Å². The van der Waals surface area contributed by atoms with Crippen molar-refractivity contribution in [2.45, 2.75) is 53.8 Å². The van der Waals surface area contributed by atoms with Gasteiger partial charge in [-0.05, 0) is 64.8 Å². The third-order valence-corrected chi connectivity index (χ3v) is 6.65. The van der Waals surface area contributed by atoms with Crippen molar-refractivity contribution in [2.24, 2.45) is 0 Å². The van der Waals surface area contributed by atoms with Crippen molar-refractivity contribution in [1.82, 2.24) is 4.98 Å². The standard InChI is InChI=1S/C22H33N2O6P/c1-13(2)29-31(26,30-14(3)4)12-24-22-16(6)15(5)18(11-23-22)17-9-10-19(25)21(28-8)20(17)27-7/h9-11,13-14,25H,12H2,1-8H3,(H,23,24). The molecule has 2 rings (SSSR count). The maximum Gasteiger partial charge on any atom is 0.350 e. The molecule has 0 fully saturated rings. The van der Waals surface area contributed by atoms with Crippen LogP contribution in [0.1, 0.15) is 38.8 Å². The number of pyridine rings is 1. The molecular formula is C22H33N2O6P. The molecular weight excluding hydrogens is 419 g/mol. The lowest BCUT2D eigenvalue weighted by molar-refractivity contribution is 0.143. The quantitative estimate of drug-likeness (QED) is 0.456. The maximum atomic E-state index is 13.1. The van der Waals surface area contributed by atoms with Crippen molar-refractivity contribution >= 4 is 13.4 Å². The van der Waals surface area contributed by atoms with Crippen molar-refractivity contribution < 1.29 is 28.2 Å². The van der Waals surface area contributed by atoms with Crippen LogP contribution in [0.15, 0.2) is 18.3 Å². The number of anilines is 1. The number of ether oxygens (including phenoxy) is 2. The Morgan fingerprint density at radius 2 is 1.55 bits per heavy atom. The van der Waals surface area contributed by atoms with Gasteiger partial charge in [-0.2, -0.15) is 0 Å². The maximum absolute atomic E-state index is 13.1. The average molecular weight is 452 g/mol. The lowest BCUT2D eigenvalue weighted by atomic mass is 9.98. The summed E-state index contributed by atoms with van der Waals surface area (Å²) in [6, 6.07) is 3.31. The number of phenols is 1. The molecule has 31 heavy (non-hydrogen) atoms. The third kappa shape index (κ3) is 5.91. The lowest BCUT2D eigenvalue weighted by Crippen LogP contribution is -2.15. The van der Waals surface area contributed by atoms with Crippen LogP contribution in [-0.4, -0.2) is 42.8 Å². The minimum absolute atomic E-state index is 0.00483. The van der Waals surface area contributed by atoms with Crippen molar-refractivity contribution in [3.8, 4) is 28.4 Å². The van der Waals surface area contributed by atoms with Crippen LogP contribution in [0.4, 0.5) is 5.82 Å². The second-order valence-electron chi connectivity index (χ2n) is 7.72. The molecule has 0 aliphatic heterocycles. The van der Waals surface area contributed by atoms with E-state index in [1.54, 1.807) is 18.3 Å². The zero-order valence-electron chi connectivity index (χ0n) is 19.5. The predicted molar refractivity (Wildman–Crippen MR) is 122 cm³/mol. The second kappa shape index (κ2) is 10.4. The molecule has 0 bridgehead atoms. The van der Waals surface area contributed by atoms with Gasteiger partial charge >= 0.3 is 7.60 Å². The summed E-state index contributed by atoms with van der Waals surface area (Å²) in [6.45, 7) is 11.2. The van der Waals surface area contributed by atoms with Crippen LogP contribution in [0, 0.1) is 13.8 Å². The van der Waals surface area contributed by atoms with Gasteiger partial charge in [0.1, 0.15) is 12.1 Å². The molecule has 2 aromatic rings. The van der Waals surface area contributed by atoms with Crippen LogP contribution in [0.5, 0.6) is 17.2 Å². The molecule has 9 heteroatoms. The summed E-state index contributed by atoms with van der Waals surface area (Å²) in [7, 11) is -0.351. The number of aromatic hydroxyl groups is 1. The van der Waals surface area contributed by atoms with Crippen molar-refractivity contribution in [1.29, 1.82) is 0 Å². The van der Waals surface area contributed by atoms with E-state index in [1.165, 1.54) is 14.2 Å². The van der Waals surface area contributed by atoms with Gasteiger partial charge in [-0.15, -0.1) is 0 Å². The van der Waals surface area contributed by atoms with Crippen LogP contribution in [-0.2, 0) is 13.6 Å². The molecule has 172 valence electrons. The molecule has 1 aromatic carbocycles. The fourth-order valence-corrected chi connectivity index (χ4v) is 5.06. The monoisotopic (exact) mass is 452 g/mol. The largest absolute Gasteiger partial charge is 0.504 e. The van der Waals surface area contributed by atoms with Crippen molar-refractivity contribution in [3.63, 3.8) is 0 Å². The van der Waals surface area contributed by atoms with Gasteiger partial charge in [-0.3, -0.25) is 4.57 Å². The van der Waals surface area contributed by atoms with Crippen LogP contribution in [0.25, 0.3) is 11.1 Å². The lowest BCUT2D eigenvalue weighted by Gasteiger charge is -2.24. The molecule has 0 saturated heterocycles. The highest BCUT2D eigenvalue weighted by atomic mass is 31.2. The number of nitrogens with one attached hydrogen (secondary N) is 1. The van der Waals surface area contributed by atoms with Gasteiger partial charge in [0.05, 0.1) is 26.4 Å². The molecule has 0 amide bonds. The Balaban J connectivity index is 2.38. The summed E-state index contributed by atoms with van der Waals surface area (Å²) in [5.41, 5.74) is 3.41. The molecule has 1 aromatic heterocycles. The molecule has 2 N–H and O–H groups in total. The van der Waals surface area contributed by atoms with Gasteiger partial charge in [-0.1, -0.05) is 0 Å². The first kappa shape index (κ1) is 25.0. The van der Waals surface area contributed by atoms with Crippen molar-refractivity contribution in [2.75, 3.05) is 25.8 Å². The first-order valence-electron chi connectivity index (χ1n) is 10.1. The van der Waals surface area contributed by atoms with E-state index in [2.05, 4.69) is 10.3 Å². The highest BCUT2D eigenvalue weighted by molar-refractivity contribution is 7.54. The third-order valence-electron chi connectivity index (χ3n) is 4.62. The van der Waals surface area contributed by atoms with E-state index < -0.39 is 7.60 Å². The fraction of sp³-hybridized carbons (Fsp3) is 0.500. The minimum Gasteiger partial charge on any atom is -0.504 e.